The Bertz CT molecular complexity index is 1400. The highest BCUT2D eigenvalue weighted by atomic mass is 35.5. The average molecular weight is 538 g/mol. The van der Waals surface area contributed by atoms with E-state index >= 15 is 0 Å². The highest BCUT2D eigenvalue weighted by molar-refractivity contribution is 6.51. The van der Waals surface area contributed by atoms with Gasteiger partial charge in [-0.05, 0) is 30.7 Å². The van der Waals surface area contributed by atoms with Crippen molar-refractivity contribution in [3.63, 3.8) is 0 Å². The van der Waals surface area contributed by atoms with E-state index in [1.807, 2.05) is 6.92 Å². The zero-order chi connectivity index (χ0) is 27.4. The molecule has 0 saturated carbocycles. The molecular formula is C29H28ClNO7. The number of rotatable bonds is 9. The van der Waals surface area contributed by atoms with Gasteiger partial charge in [-0.1, -0.05) is 42.8 Å². The summed E-state index contributed by atoms with van der Waals surface area (Å²) < 4.78 is 22.1. The Morgan fingerprint density at radius 2 is 1.63 bits per heavy atom. The van der Waals surface area contributed by atoms with Crippen molar-refractivity contribution in [2.45, 2.75) is 19.4 Å². The van der Waals surface area contributed by atoms with Gasteiger partial charge >= 0.3 is 0 Å². The third-order valence-electron chi connectivity index (χ3n) is 6.18. The van der Waals surface area contributed by atoms with Crippen LogP contribution in [0.4, 0.5) is 5.69 Å². The molecule has 1 aliphatic heterocycles. The largest absolute Gasteiger partial charge is 0.507 e. The Morgan fingerprint density at radius 1 is 0.921 bits per heavy atom. The van der Waals surface area contributed by atoms with Crippen molar-refractivity contribution >= 4 is 34.7 Å². The van der Waals surface area contributed by atoms with Crippen molar-refractivity contribution < 1.29 is 33.6 Å². The van der Waals surface area contributed by atoms with Crippen LogP contribution in [-0.2, 0) is 9.59 Å². The third-order valence-corrected chi connectivity index (χ3v) is 6.47. The summed E-state index contributed by atoms with van der Waals surface area (Å²) in [4.78, 5) is 28.5. The molecule has 198 valence electrons. The molecule has 1 N–H and O–H groups in total. The smallest absolute Gasteiger partial charge is 0.300 e. The Labute approximate surface area is 225 Å². The first-order valence-corrected chi connectivity index (χ1v) is 12.3. The molecular weight excluding hydrogens is 510 g/mol. The molecule has 0 bridgehead atoms. The number of halogens is 1. The molecule has 3 aromatic rings. The number of carbonyl (C=O) groups excluding carboxylic acids is 2. The zero-order valence-electron chi connectivity index (χ0n) is 21.5. The van der Waals surface area contributed by atoms with Crippen LogP contribution in [-0.4, -0.2) is 44.7 Å². The van der Waals surface area contributed by atoms with Crippen LogP contribution in [0.15, 0.2) is 66.2 Å². The lowest BCUT2D eigenvalue weighted by Crippen LogP contribution is -2.29. The second kappa shape index (κ2) is 11.5. The maximum Gasteiger partial charge on any atom is 0.300 e. The number of benzene rings is 3. The molecule has 1 heterocycles. The Balaban J connectivity index is 1.99. The summed E-state index contributed by atoms with van der Waals surface area (Å²) in [5, 5.41) is 11.9. The molecule has 1 aliphatic rings. The van der Waals surface area contributed by atoms with Gasteiger partial charge in [-0.25, -0.2) is 0 Å². The standard InChI is InChI=1S/C29H28ClNO7/c1-5-13-38-18-10-8-9-17(14-18)31-26(19-11-6-7-12-22(19)35-2)25(28(33)29(31)34)27(32)20-15-24(37-4)21(30)16-23(20)36-3/h6-12,14-16,26,32H,5,13H2,1-4H3/b27-25+. The van der Waals surface area contributed by atoms with E-state index in [1.54, 1.807) is 48.5 Å². The van der Waals surface area contributed by atoms with Gasteiger partial charge in [-0.2, -0.15) is 0 Å². The molecule has 1 saturated heterocycles. The SMILES string of the molecule is CCCOc1cccc(N2C(=O)C(=O)/C(=C(/O)c3cc(OC)c(Cl)cc3OC)C2c2ccccc2OC)c1. The highest BCUT2D eigenvalue weighted by Crippen LogP contribution is 2.47. The number of aliphatic hydroxyl groups is 1. The molecule has 1 atom stereocenters. The molecule has 0 aromatic heterocycles. The number of hydrogen-bond donors (Lipinski definition) is 1. The Morgan fingerprint density at radius 3 is 2.32 bits per heavy atom. The lowest BCUT2D eigenvalue weighted by molar-refractivity contribution is -0.132. The molecule has 1 amide bonds. The minimum atomic E-state index is -1.01. The molecule has 8 nitrogen and oxygen atoms in total. The van der Waals surface area contributed by atoms with Gasteiger partial charge in [0.05, 0.1) is 50.1 Å². The van der Waals surface area contributed by atoms with Crippen molar-refractivity contribution in [2.75, 3.05) is 32.8 Å². The number of aliphatic hydroxyl groups excluding tert-OH is 1. The number of anilines is 1. The van der Waals surface area contributed by atoms with Gasteiger partial charge in [0, 0.05) is 23.4 Å². The predicted octanol–water partition coefficient (Wildman–Crippen LogP) is 5.78. The summed E-state index contributed by atoms with van der Waals surface area (Å²) in [6.07, 6.45) is 0.808. The summed E-state index contributed by atoms with van der Waals surface area (Å²) in [5.41, 5.74) is 0.945. The van der Waals surface area contributed by atoms with Crippen molar-refractivity contribution in [3.8, 4) is 23.0 Å². The van der Waals surface area contributed by atoms with Crippen LogP contribution in [0.1, 0.15) is 30.5 Å². The first-order valence-electron chi connectivity index (χ1n) is 11.9. The number of nitrogens with zero attached hydrogens (tertiary/aromatic N) is 1. The van der Waals surface area contributed by atoms with E-state index in [9.17, 15) is 14.7 Å². The van der Waals surface area contributed by atoms with Gasteiger partial charge in [0.25, 0.3) is 11.7 Å². The fourth-order valence-corrected chi connectivity index (χ4v) is 4.65. The molecule has 0 spiro atoms. The van der Waals surface area contributed by atoms with E-state index in [0.717, 1.165) is 6.42 Å². The second-order valence-electron chi connectivity index (χ2n) is 8.44. The van der Waals surface area contributed by atoms with E-state index in [1.165, 1.54) is 38.4 Å². The second-order valence-corrected chi connectivity index (χ2v) is 8.85. The van der Waals surface area contributed by atoms with Crippen molar-refractivity contribution in [1.82, 2.24) is 0 Å². The molecule has 9 heteroatoms. The molecule has 3 aromatic carbocycles. The van der Waals surface area contributed by atoms with E-state index in [2.05, 4.69) is 0 Å². The lowest BCUT2D eigenvalue weighted by atomic mass is 9.94. The van der Waals surface area contributed by atoms with E-state index in [4.69, 9.17) is 30.5 Å². The van der Waals surface area contributed by atoms with Gasteiger partial charge < -0.3 is 24.1 Å². The van der Waals surface area contributed by atoms with Crippen LogP contribution < -0.4 is 23.8 Å². The van der Waals surface area contributed by atoms with Crippen LogP contribution in [0.3, 0.4) is 0 Å². The van der Waals surface area contributed by atoms with Crippen molar-refractivity contribution in [2.24, 2.45) is 0 Å². The summed E-state index contributed by atoms with van der Waals surface area (Å²) >= 11 is 6.25. The van der Waals surface area contributed by atoms with E-state index in [0.29, 0.717) is 29.4 Å². The van der Waals surface area contributed by atoms with Crippen LogP contribution in [0.2, 0.25) is 5.02 Å². The maximum absolute atomic E-state index is 13.6. The molecule has 0 radical (unpaired) electrons. The highest BCUT2D eigenvalue weighted by Gasteiger charge is 2.48. The number of ether oxygens (including phenoxy) is 4. The summed E-state index contributed by atoms with van der Waals surface area (Å²) in [6, 6.07) is 15.8. The molecule has 38 heavy (non-hydrogen) atoms. The number of carbonyl (C=O) groups is 2. The number of ketones is 1. The summed E-state index contributed by atoms with van der Waals surface area (Å²) in [7, 11) is 4.34. The van der Waals surface area contributed by atoms with Gasteiger partial charge in [0.1, 0.15) is 28.8 Å². The zero-order valence-corrected chi connectivity index (χ0v) is 22.2. The van der Waals surface area contributed by atoms with Gasteiger partial charge in [-0.15, -0.1) is 0 Å². The van der Waals surface area contributed by atoms with E-state index < -0.39 is 23.5 Å². The molecule has 1 unspecified atom stereocenters. The number of Topliss-reactive ketones (excluding diaryl/α,β-unsaturated/α-hetero) is 1. The summed E-state index contributed by atoms with van der Waals surface area (Å²) in [5.74, 6) is -0.661. The first-order chi connectivity index (χ1) is 18.4. The molecule has 0 aliphatic carbocycles. The van der Waals surface area contributed by atoms with Crippen molar-refractivity contribution in [1.29, 1.82) is 0 Å². The third kappa shape index (κ3) is 4.87. The fourth-order valence-electron chi connectivity index (χ4n) is 4.42. The number of amides is 1. The number of hydrogen-bond acceptors (Lipinski definition) is 7. The lowest BCUT2D eigenvalue weighted by Gasteiger charge is -2.27. The average Bonchev–Trinajstić information content (AvgIpc) is 3.21. The predicted molar refractivity (Wildman–Crippen MR) is 145 cm³/mol. The first kappa shape index (κ1) is 26.9. The van der Waals surface area contributed by atoms with Gasteiger partial charge in [0.2, 0.25) is 0 Å². The normalized spacial score (nSPS) is 16.4. The van der Waals surface area contributed by atoms with E-state index in [-0.39, 0.29) is 27.7 Å². The number of methoxy groups -OCH3 is 3. The van der Waals surface area contributed by atoms with Gasteiger partial charge in [0.15, 0.2) is 0 Å². The monoisotopic (exact) mass is 537 g/mol. The molecule has 4 rings (SSSR count). The Kier molecular flexibility index (Phi) is 8.12. The fraction of sp³-hybridized carbons (Fsp3) is 0.241. The minimum Gasteiger partial charge on any atom is -0.507 e. The summed E-state index contributed by atoms with van der Waals surface area (Å²) in [6.45, 7) is 2.49. The maximum atomic E-state index is 13.6. The van der Waals surface area contributed by atoms with Gasteiger partial charge in [-0.3, -0.25) is 14.5 Å². The van der Waals surface area contributed by atoms with Crippen LogP contribution in [0, 0.1) is 0 Å². The van der Waals surface area contributed by atoms with Crippen LogP contribution >= 0.6 is 11.6 Å². The minimum absolute atomic E-state index is 0.137. The van der Waals surface area contributed by atoms with Crippen molar-refractivity contribution in [3.05, 3.63) is 82.4 Å². The van der Waals surface area contributed by atoms with Crippen LogP contribution in [0.25, 0.3) is 5.76 Å². The molecule has 1 fully saturated rings. The van der Waals surface area contributed by atoms with Crippen LogP contribution in [0.5, 0.6) is 23.0 Å². The number of para-hydroxylation sites is 1. The quantitative estimate of drug-likeness (QED) is 0.210. The topological polar surface area (TPSA) is 94.5 Å². The Hall–Kier alpha value is -4.17.